The largest absolute Gasteiger partial charge is 0.303 e. The van der Waals surface area contributed by atoms with Crippen molar-refractivity contribution >= 4 is 6.29 Å². The van der Waals surface area contributed by atoms with Crippen LogP contribution in [0.5, 0.6) is 0 Å². The van der Waals surface area contributed by atoms with E-state index in [1.54, 1.807) is 0 Å². The van der Waals surface area contributed by atoms with E-state index in [-0.39, 0.29) is 11.1 Å². The number of rotatable bonds is 3. The Morgan fingerprint density at radius 2 is 1.38 bits per heavy atom. The summed E-state index contributed by atoms with van der Waals surface area (Å²) in [5.41, 5.74) is 0.252. The molecule has 78 valence electrons. The van der Waals surface area contributed by atoms with Gasteiger partial charge in [0.1, 0.15) is 6.29 Å². The zero-order valence-corrected chi connectivity index (χ0v) is 9.85. The van der Waals surface area contributed by atoms with Crippen LogP contribution in [0.25, 0.3) is 0 Å². The summed E-state index contributed by atoms with van der Waals surface area (Å²) in [6.45, 7) is 13.9. The van der Waals surface area contributed by atoms with E-state index in [2.05, 4.69) is 46.4 Å². The first-order valence-corrected chi connectivity index (χ1v) is 4.91. The zero-order chi connectivity index (χ0) is 10.7. The predicted octanol–water partition coefficient (Wildman–Crippen LogP) is 2.47. The molecule has 0 aliphatic heterocycles. The van der Waals surface area contributed by atoms with Crippen LogP contribution in [0.1, 0.15) is 48.0 Å². The van der Waals surface area contributed by atoms with Crippen LogP contribution in [-0.2, 0) is 4.79 Å². The summed E-state index contributed by atoms with van der Waals surface area (Å²) in [6.07, 6.45) is 1.61. The van der Waals surface area contributed by atoms with Crippen LogP contribution in [0, 0.1) is 0 Å². The van der Waals surface area contributed by atoms with Gasteiger partial charge >= 0.3 is 0 Å². The standard InChI is InChI=1S/C11H23NO/c1-10(2,3)12(8-7-9-13)11(4,5)6/h9H,7-8H2,1-6H3. The smallest absolute Gasteiger partial charge is 0.121 e. The highest BCUT2D eigenvalue weighted by Crippen LogP contribution is 2.24. The average Bonchev–Trinajstić information content (AvgIpc) is 1.81. The minimum atomic E-state index is 0.126. The van der Waals surface area contributed by atoms with Gasteiger partial charge in [-0.05, 0) is 41.5 Å². The lowest BCUT2D eigenvalue weighted by Gasteiger charge is -2.45. The Morgan fingerprint density at radius 1 is 1.00 bits per heavy atom. The highest BCUT2D eigenvalue weighted by molar-refractivity contribution is 5.49. The molecule has 0 aliphatic carbocycles. The number of nitrogens with zero attached hydrogens (tertiary/aromatic N) is 1. The third-order valence-corrected chi connectivity index (χ3v) is 2.09. The quantitative estimate of drug-likeness (QED) is 0.630. The molecule has 0 amide bonds. The molecule has 0 radical (unpaired) electrons. The lowest BCUT2D eigenvalue weighted by Crippen LogP contribution is -2.52. The van der Waals surface area contributed by atoms with Crippen molar-refractivity contribution in [1.82, 2.24) is 4.90 Å². The average molecular weight is 185 g/mol. The zero-order valence-electron chi connectivity index (χ0n) is 9.85. The number of hydrogen-bond acceptors (Lipinski definition) is 2. The summed E-state index contributed by atoms with van der Waals surface area (Å²) in [5.74, 6) is 0. The minimum Gasteiger partial charge on any atom is -0.303 e. The predicted molar refractivity (Wildman–Crippen MR) is 56.9 cm³/mol. The van der Waals surface area contributed by atoms with Crippen molar-refractivity contribution in [2.75, 3.05) is 6.54 Å². The van der Waals surface area contributed by atoms with E-state index >= 15 is 0 Å². The molecule has 2 nitrogen and oxygen atoms in total. The fraction of sp³-hybridized carbons (Fsp3) is 0.909. The Morgan fingerprint density at radius 3 is 1.62 bits per heavy atom. The SMILES string of the molecule is CC(C)(C)N(CCC=O)C(C)(C)C. The second-order valence-corrected chi connectivity index (χ2v) is 5.45. The van der Waals surface area contributed by atoms with Crippen molar-refractivity contribution in [2.45, 2.75) is 59.0 Å². The summed E-state index contributed by atoms with van der Waals surface area (Å²) in [7, 11) is 0. The lowest BCUT2D eigenvalue weighted by molar-refractivity contribution is -0.108. The number of carbonyl (C=O) groups is 1. The molecule has 0 atom stereocenters. The Hall–Kier alpha value is -0.370. The van der Waals surface area contributed by atoms with Gasteiger partial charge in [0.05, 0.1) is 0 Å². The Kier molecular flexibility index (Phi) is 4.11. The molecule has 0 fully saturated rings. The molecule has 0 rings (SSSR count). The topological polar surface area (TPSA) is 20.3 Å². The van der Waals surface area contributed by atoms with E-state index in [0.29, 0.717) is 6.42 Å². The molecule has 0 aromatic carbocycles. The van der Waals surface area contributed by atoms with E-state index in [9.17, 15) is 4.79 Å². The van der Waals surface area contributed by atoms with Crippen LogP contribution >= 0.6 is 0 Å². The first-order chi connectivity index (χ1) is 5.69. The molecule has 2 heteroatoms. The molecule has 0 unspecified atom stereocenters. The number of hydrogen-bond donors (Lipinski definition) is 0. The monoisotopic (exact) mass is 185 g/mol. The molecule has 0 N–H and O–H groups in total. The van der Waals surface area contributed by atoms with Crippen LogP contribution < -0.4 is 0 Å². The molecule has 0 heterocycles. The normalized spacial score (nSPS) is 13.5. The van der Waals surface area contributed by atoms with Crippen molar-refractivity contribution in [3.05, 3.63) is 0 Å². The van der Waals surface area contributed by atoms with Crippen molar-refractivity contribution in [1.29, 1.82) is 0 Å². The summed E-state index contributed by atoms with van der Waals surface area (Å²) in [5, 5.41) is 0. The molecule has 13 heavy (non-hydrogen) atoms. The van der Waals surface area contributed by atoms with Gasteiger partial charge in [0, 0.05) is 24.0 Å². The van der Waals surface area contributed by atoms with E-state index in [1.807, 2.05) is 0 Å². The maximum atomic E-state index is 10.3. The minimum absolute atomic E-state index is 0.126. The van der Waals surface area contributed by atoms with Gasteiger partial charge in [-0.1, -0.05) is 0 Å². The van der Waals surface area contributed by atoms with Gasteiger partial charge in [-0.2, -0.15) is 0 Å². The highest BCUT2D eigenvalue weighted by atomic mass is 16.1. The van der Waals surface area contributed by atoms with Gasteiger partial charge in [0.2, 0.25) is 0 Å². The lowest BCUT2D eigenvalue weighted by atomic mass is 9.96. The molecule has 0 aromatic heterocycles. The van der Waals surface area contributed by atoms with Gasteiger partial charge in [-0.25, -0.2) is 0 Å². The van der Waals surface area contributed by atoms with Crippen LogP contribution in [0.3, 0.4) is 0 Å². The summed E-state index contributed by atoms with van der Waals surface area (Å²) in [4.78, 5) is 12.7. The van der Waals surface area contributed by atoms with Crippen LogP contribution in [0.2, 0.25) is 0 Å². The van der Waals surface area contributed by atoms with Crippen molar-refractivity contribution < 1.29 is 4.79 Å². The molecule has 0 saturated carbocycles. The Balaban J connectivity index is 4.47. The number of aldehydes is 1. The fourth-order valence-electron chi connectivity index (χ4n) is 1.86. The third kappa shape index (κ3) is 4.41. The molecular weight excluding hydrogens is 162 g/mol. The molecular formula is C11H23NO. The van der Waals surface area contributed by atoms with E-state index in [0.717, 1.165) is 12.8 Å². The second kappa shape index (κ2) is 4.23. The summed E-state index contributed by atoms with van der Waals surface area (Å²) >= 11 is 0. The van der Waals surface area contributed by atoms with Gasteiger partial charge in [-0.3, -0.25) is 4.90 Å². The Labute approximate surface area is 82.3 Å². The second-order valence-electron chi connectivity index (χ2n) is 5.45. The maximum Gasteiger partial charge on any atom is 0.121 e. The highest BCUT2D eigenvalue weighted by Gasteiger charge is 2.30. The van der Waals surface area contributed by atoms with Gasteiger partial charge in [0.25, 0.3) is 0 Å². The van der Waals surface area contributed by atoms with Crippen LogP contribution in [0.15, 0.2) is 0 Å². The maximum absolute atomic E-state index is 10.3. The molecule has 0 bridgehead atoms. The number of carbonyl (C=O) groups excluding carboxylic acids is 1. The van der Waals surface area contributed by atoms with Crippen molar-refractivity contribution in [3.63, 3.8) is 0 Å². The molecule has 0 saturated heterocycles. The molecule has 0 aromatic rings. The van der Waals surface area contributed by atoms with Gasteiger partial charge < -0.3 is 4.79 Å². The van der Waals surface area contributed by atoms with Crippen LogP contribution in [-0.4, -0.2) is 28.8 Å². The first kappa shape index (κ1) is 12.6. The fourth-order valence-corrected chi connectivity index (χ4v) is 1.86. The molecule has 0 spiro atoms. The van der Waals surface area contributed by atoms with Crippen LogP contribution in [0.4, 0.5) is 0 Å². The summed E-state index contributed by atoms with van der Waals surface area (Å²) in [6, 6.07) is 0. The first-order valence-electron chi connectivity index (χ1n) is 4.91. The van der Waals surface area contributed by atoms with E-state index in [1.165, 1.54) is 0 Å². The van der Waals surface area contributed by atoms with Crippen molar-refractivity contribution in [3.8, 4) is 0 Å². The van der Waals surface area contributed by atoms with E-state index in [4.69, 9.17) is 0 Å². The third-order valence-electron chi connectivity index (χ3n) is 2.09. The Bertz CT molecular complexity index is 148. The molecule has 0 aliphatic rings. The van der Waals surface area contributed by atoms with Gasteiger partial charge in [-0.15, -0.1) is 0 Å². The van der Waals surface area contributed by atoms with Gasteiger partial charge in [0.15, 0.2) is 0 Å². The van der Waals surface area contributed by atoms with E-state index < -0.39 is 0 Å². The van der Waals surface area contributed by atoms with Crippen molar-refractivity contribution in [2.24, 2.45) is 0 Å². The summed E-state index contributed by atoms with van der Waals surface area (Å²) < 4.78 is 0.